The molecule has 3 nitrogen and oxygen atoms in total. The predicted molar refractivity (Wildman–Crippen MR) is 86.0 cm³/mol. The molecule has 4 heteroatoms. The van der Waals surface area contributed by atoms with Crippen molar-refractivity contribution < 1.29 is 14.6 Å². The first kappa shape index (κ1) is 14.8. The number of rotatable bonds is 5. The van der Waals surface area contributed by atoms with Gasteiger partial charge in [-0.2, -0.15) is 0 Å². The smallest absolute Gasteiger partial charge is 0.307 e. The number of hydrogen-bond acceptors (Lipinski definition) is 2. The zero-order chi connectivity index (χ0) is 14.5. The Morgan fingerprint density at radius 1 is 1.20 bits per heavy atom. The number of halogens is 1. The van der Waals surface area contributed by atoms with Crippen LogP contribution in [-0.2, 0) is 17.8 Å². The number of carboxylic acid groups (broad SMARTS) is 1. The van der Waals surface area contributed by atoms with E-state index in [2.05, 4.69) is 22.6 Å². The molecule has 0 bridgehead atoms. The SMILES string of the molecule is Cc1ccc(I)c(CC(=O)O)c1OCc1ccccc1. The molecule has 2 aromatic rings. The van der Waals surface area contributed by atoms with Crippen molar-refractivity contribution in [3.8, 4) is 5.75 Å². The summed E-state index contributed by atoms with van der Waals surface area (Å²) in [7, 11) is 0. The molecule has 0 saturated heterocycles. The number of carbonyl (C=O) groups is 1. The summed E-state index contributed by atoms with van der Waals surface area (Å²) in [4.78, 5) is 11.0. The zero-order valence-corrected chi connectivity index (χ0v) is 13.3. The van der Waals surface area contributed by atoms with Gasteiger partial charge in [-0.3, -0.25) is 4.79 Å². The normalized spacial score (nSPS) is 10.3. The Hall–Kier alpha value is -1.56. The summed E-state index contributed by atoms with van der Waals surface area (Å²) in [6.45, 7) is 2.37. The second kappa shape index (κ2) is 6.74. The fraction of sp³-hybridized carbons (Fsp3) is 0.188. The van der Waals surface area contributed by atoms with Gasteiger partial charge < -0.3 is 9.84 Å². The standard InChI is InChI=1S/C16H15IO3/c1-11-7-8-14(17)13(9-15(18)19)16(11)20-10-12-5-3-2-4-6-12/h2-8H,9-10H2,1H3,(H,18,19). The van der Waals surface area contributed by atoms with Gasteiger partial charge in [-0.1, -0.05) is 36.4 Å². The molecule has 2 rings (SSSR count). The Morgan fingerprint density at radius 2 is 1.90 bits per heavy atom. The quantitative estimate of drug-likeness (QED) is 0.801. The van der Waals surface area contributed by atoms with Crippen LogP contribution >= 0.6 is 22.6 Å². The van der Waals surface area contributed by atoms with E-state index in [4.69, 9.17) is 9.84 Å². The lowest BCUT2D eigenvalue weighted by atomic mass is 10.1. The molecule has 1 N–H and O–H groups in total. The van der Waals surface area contributed by atoms with Crippen LogP contribution in [-0.4, -0.2) is 11.1 Å². The molecule has 0 heterocycles. The Labute approximate surface area is 131 Å². The van der Waals surface area contributed by atoms with Crippen LogP contribution in [0.5, 0.6) is 5.75 Å². The van der Waals surface area contributed by atoms with Gasteiger partial charge in [0.2, 0.25) is 0 Å². The van der Waals surface area contributed by atoms with Crippen molar-refractivity contribution in [1.29, 1.82) is 0 Å². The molecule has 0 fully saturated rings. The van der Waals surface area contributed by atoms with Crippen molar-refractivity contribution in [3.05, 3.63) is 62.7 Å². The third-order valence-electron chi connectivity index (χ3n) is 2.95. The van der Waals surface area contributed by atoms with Gasteiger partial charge in [0.15, 0.2) is 0 Å². The summed E-state index contributed by atoms with van der Waals surface area (Å²) in [6, 6.07) is 13.7. The maximum atomic E-state index is 11.0. The first-order valence-corrected chi connectivity index (χ1v) is 7.32. The van der Waals surface area contributed by atoms with Gasteiger partial charge in [-0.15, -0.1) is 0 Å². The summed E-state index contributed by atoms with van der Waals surface area (Å²) < 4.78 is 6.78. The Morgan fingerprint density at radius 3 is 2.55 bits per heavy atom. The molecule has 0 aliphatic heterocycles. The molecular weight excluding hydrogens is 367 g/mol. The zero-order valence-electron chi connectivity index (χ0n) is 11.1. The van der Waals surface area contributed by atoms with E-state index < -0.39 is 5.97 Å². The van der Waals surface area contributed by atoms with E-state index >= 15 is 0 Å². The molecule has 20 heavy (non-hydrogen) atoms. The van der Waals surface area contributed by atoms with Gasteiger partial charge in [0.25, 0.3) is 0 Å². The number of aryl methyl sites for hydroxylation is 1. The molecule has 0 spiro atoms. The van der Waals surface area contributed by atoms with Gasteiger partial charge in [-0.05, 0) is 46.7 Å². The maximum Gasteiger partial charge on any atom is 0.307 e. The van der Waals surface area contributed by atoms with Crippen molar-refractivity contribution in [3.63, 3.8) is 0 Å². The molecule has 104 valence electrons. The number of carboxylic acids is 1. The highest BCUT2D eigenvalue weighted by Gasteiger charge is 2.14. The molecule has 0 amide bonds. The van der Waals surface area contributed by atoms with Crippen molar-refractivity contribution in [2.45, 2.75) is 20.0 Å². The fourth-order valence-electron chi connectivity index (χ4n) is 1.97. The van der Waals surface area contributed by atoms with Crippen LogP contribution in [0.15, 0.2) is 42.5 Å². The van der Waals surface area contributed by atoms with E-state index in [0.29, 0.717) is 12.4 Å². The summed E-state index contributed by atoms with van der Waals surface area (Å²) in [5.74, 6) is -0.166. The largest absolute Gasteiger partial charge is 0.488 e. The lowest BCUT2D eigenvalue weighted by molar-refractivity contribution is -0.136. The lowest BCUT2D eigenvalue weighted by Crippen LogP contribution is -2.07. The minimum atomic E-state index is -0.849. The summed E-state index contributed by atoms with van der Waals surface area (Å²) >= 11 is 2.15. The van der Waals surface area contributed by atoms with E-state index in [9.17, 15) is 4.79 Å². The fourth-order valence-corrected chi connectivity index (χ4v) is 2.58. The van der Waals surface area contributed by atoms with Crippen molar-refractivity contribution in [2.75, 3.05) is 0 Å². The Balaban J connectivity index is 2.25. The molecule has 0 aromatic heterocycles. The van der Waals surface area contributed by atoms with E-state index in [1.165, 1.54) is 0 Å². The van der Waals surface area contributed by atoms with Crippen molar-refractivity contribution in [1.82, 2.24) is 0 Å². The van der Waals surface area contributed by atoms with Gasteiger partial charge in [0.05, 0.1) is 6.42 Å². The van der Waals surface area contributed by atoms with Crippen LogP contribution in [0.25, 0.3) is 0 Å². The molecule has 0 aliphatic carbocycles. The molecule has 0 aliphatic rings. The monoisotopic (exact) mass is 382 g/mol. The maximum absolute atomic E-state index is 11.0. The average molecular weight is 382 g/mol. The highest BCUT2D eigenvalue weighted by molar-refractivity contribution is 14.1. The number of ether oxygens (including phenoxy) is 1. The Kier molecular flexibility index (Phi) is 5.00. The topological polar surface area (TPSA) is 46.5 Å². The second-order valence-electron chi connectivity index (χ2n) is 4.52. The third kappa shape index (κ3) is 3.72. The summed E-state index contributed by atoms with van der Waals surface area (Å²) in [5, 5.41) is 9.03. The van der Waals surface area contributed by atoms with Crippen molar-refractivity contribution in [2.24, 2.45) is 0 Å². The van der Waals surface area contributed by atoms with Crippen LogP contribution in [0.2, 0.25) is 0 Å². The Bertz CT molecular complexity index is 609. The second-order valence-corrected chi connectivity index (χ2v) is 5.68. The van der Waals surface area contributed by atoms with Crippen LogP contribution in [0, 0.1) is 10.5 Å². The number of aliphatic carboxylic acids is 1. The number of benzene rings is 2. The molecule has 0 atom stereocenters. The van der Waals surface area contributed by atoms with Crippen LogP contribution in [0.1, 0.15) is 16.7 Å². The molecule has 0 radical (unpaired) electrons. The minimum Gasteiger partial charge on any atom is -0.488 e. The first-order chi connectivity index (χ1) is 9.58. The predicted octanol–water partition coefficient (Wildman–Crippen LogP) is 3.81. The van der Waals surface area contributed by atoms with Crippen LogP contribution < -0.4 is 4.74 Å². The van der Waals surface area contributed by atoms with Gasteiger partial charge in [-0.25, -0.2) is 0 Å². The third-order valence-corrected chi connectivity index (χ3v) is 3.96. The van der Waals surface area contributed by atoms with Crippen LogP contribution in [0.3, 0.4) is 0 Å². The van der Waals surface area contributed by atoms with E-state index in [0.717, 1.165) is 20.3 Å². The van der Waals surface area contributed by atoms with Gasteiger partial charge >= 0.3 is 5.97 Å². The van der Waals surface area contributed by atoms with Crippen LogP contribution in [0.4, 0.5) is 0 Å². The first-order valence-electron chi connectivity index (χ1n) is 6.24. The molecular formula is C16H15IO3. The minimum absolute atomic E-state index is 0.0237. The summed E-state index contributed by atoms with van der Waals surface area (Å²) in [6.07, 6.45) is -0.0237. The highest BCUT2D eigenvalue weighted by Crippen LogP contribution is 2.29. The highest BCUT2D eigenvalue weighted by atomic mass is 127. The van der Waals surface area contributed by atoms with E-state index in [1.807, 2.05) is 49.4 Å². The van der Waals surface area contributed by atoms with Gasteiger partial charge in [0, 0.05) is 9.13 Å². The lowest BCUT2D eigenvalue weighted by Gasteiger charge is -2.15. The van der Waals surface area contributed by atoms with Gasteiger partial charge in [0.1, 0.15) is 12.4 Å². The molecule has 0 unspecified atom stereocenters. The molecule has 2 aromatic carbocycles. The van der Waals surface area contributed by atoms with Crippen molar-refractivity contribution >= 4 is 28.6 Å². The molecule has 0 saturated carbocycles. The van der Waals surface area contributed by atoms with E-state index in [1.54, 1.807) is 0 Å². The summed E-state index contributed by atoms with van der Waals surface area (Å²) in [5.41, 5.74) is 2.76. The number of hydrogen-bond donors (Lipinski definition) is 1. The van der Waals surface area contributed by atoms with E-state index in [-0.39, 0.29) is 6.42 Å². The average Bonchev–Trinajstić information content (AvgIpc) is 2.43.